The summed E-state index contributed by atoms with van der Waals surface area (Å²) in [6, 6.07) is 7.05. The predicted octanol–water partition coefficient (Wildman–Crippen LogP) is 4.27. The highest BCUT2D eigenvalue weighted by molar-refractivity contribution is 6.13. The molecule has 34 heavy (non-hydrogen) atoms. The van der Waals surface area contributed by atoms with Crippen molar-refractivity contribution in [3.8, 4) is 11.6 Å². The maximum absolute atomic E-state index is 13.6. The van der Waals surface area contributed by atoms with Gasteiger partial charge in [-0.05, 0) is 48.9 Å². The first-order valence-corrected chi connectivity index (χ1v) is 10.3. The van der Waals surface area contributed by atoms with Crippen molar-refractivity contribution in [1.29, 1.82) is 5.41 Å². The zero-order valence-electron chi connectivity index (χ0n) is 18.3. The number of halogens is 3. The third-order valence-corrected chi connectivity index (χ3v) is 5.08. The summed E-state index contributed by atoms with van der Waals surface area (Å²) < 4.78 is 45.8. The van der Waals surface area contributed by atoms with Crippen LogP contribution in [0.15, 0.2) is 71.3 Å². The van der Waals surface area contributed by atoms with Crippen LogP contribution in [0.5, 0.6) is 5.88 Å². The highest BCUT2D eigenvalue weighted by Gasteiger charge is 2.32. The Kier molecular flexibility index (Phi) is 6.06. The van der Waals surface area contributed by atoms with E-state index in [4.69, 9.17) is 10.1 Å². The Hall–Kier alpha value is -4.21. The van der Waals surface area contributed by atoms with Gasteiger partial charge in [0.05, 0.1) is 24.2 Å². The second-order valence-corrected chi connectivity index (χ2v) is 7.33. The van der Waals surface area contributed by atoms with Gasteiger partial charge in [0.2, 0.25) is 5.88 Å². The summed E-state index contributed by atoms with van der Waals surface area (Å²) in [5.74, 6) is 0.278. The average molecular weight is 467 g/mol. The molecule has 3 aromatic rings. The van der Waals surface area contributed by atoms with Gasteiger partial charge in [-0.15, -0.1) is 0 Å². The number of ether oxygens (including phenoxy) is 1. The summed E-state index contributed by atoms with van der Waals surface area (Å²) in [6.07, 6.45) is 2.94. The molecule has 0 unspecified atom stereocenters. The number of hydrogen-bond acceptors (Lipinski definition) is 6. The van der Waals surface area contributed by atoms with Crippen molar-refractivity contribution in [2.24, 2.45) is 0 Å². The third-order valence-electron chi connectivity index (χ3n) is 5.08. The molecular formula is C24H20F3N5O2. The van der Waals surface area contributed by atoms with Crippen molar-refractivity contribution in [3.05, 3.63) is 88.1 Å². The van der Waals surface area contributed by atoms with Gasteiger partial charge in [0, 0.05) is 35.8 Å². The number of aromatic nitrogens is 3. The number of allylic oxidation sites excluding steroid dienone is 5. The number of hydrogen-bond donors (Lipinski definition) is 2. The van der Waals surface area contributed by atoms with Crippen LogP contribution in [0.25, 0.3) is 22.3 Å². The summed E-state index contributed by atoms with van der Waals surface area (Å²) in [5, 5.41) is 11.5. The highest BCUT2D eigenvalue weighted by Crippen LogP contribution is 2.29. The lowest BCUT2D eigenvalue weighted by molar-refractivity contribution is -0.141. The molecule has 0 radical (unpaired) electrons. The molecule has 1 aliphatic rings. The molecular weight excluding hydrogens is 447 g/mol. The van der Waals surface area contributed by atoms with E-state index in [0.717, 1.165) is 12.3 Å². The highest BCUT2D eigenvalue weighted by atomic mass is 19.4. The Balaban J connectivity index is 1.98. The van der Waals surface area contributed by atoms with E-state index in [1.54, 1.807) is 56.6 Å². The molecule has 3 heterocycles. The monoisotopic (exact) mass is 467 g/mol. The molecule has 174 valence electrons. The van der Waals surface area contributed by atoms with Gasteiger partial charge in [0.1, 0.15) is 5.69 Å². The lowest BCUT2D eigenvalue weighted by Gasteiger charge is -2.16. The first-order valence-electron chi connectivity index (χ1n) is 10.3. The van der Waals surface area contributed by atoms with Crippen molar-refractivity contribution in [1.82, 2.24) is 19.9 Å². The average Bonchev–Trinajstić information content (AvgIpc) is 2.80. The molecule has 0 fully saturated rings. The quantitative estimate of drug-likeness (QED) is 0.585. The zero-order valence-corrected chi connectivity index (χ0v) is 18.3. The molecule has 0 atom stereocenters. The summed E-state index contributed by atoms with van der Waals surface area (Å²) in [7, 11) is 1.70. The van der Waals surface area contributed by atoms with E-state index in [0.29, 0.717) is 28.7 Å². The van der Waals surface area contributed by atoms with Gasteiger partial charge in [-0.3, -0.25) is 9.36 Å². The van der Waals surface area contributed by atoms with E-state index in [9.17, 15) is 18.0 Å². The molecule has 7 nitrogen and oxygen atoms in total. The second-order valence-electron chi connectivity index (χ2n) is 7.33. The summed E-state index contributed by atoms with van der Waals surface area (Å²) in [6.45, 7) is 2.14. The fourth-order valence-corrected chi connectivity index (χ4v) is 3.53. The normalized spacial score (nSPS) is 15.0. The molecule has 0 amide bonds. The van der Waals surface area contributed by atoms with Crippen LogP contribution < -0.4 is 15.6 Å². The Morgan fingerprint density at radius 2 is 2.00 bits per heavy atom. The number of alkyl halides is 3. The van der Waals surface area contributed by atoms with Crippen LogP contribution in [0, 0.1) is 5.41 Å². The molecule has 1 aliphatic carbocycles. The van der Waals surface area contributed by atoms with E-state index in [1.165, 1.54) is 10.6 Å². The number of nitrogens with zero attached hydrogens (tertiary/aromatic N) is 3. The predicted molar refractivity (Wildman–Crippen MR) is 123 cm³/mol. The van der Waals surface area contributed by atoms with Crippen molar-refractivity contribution in [2.75, 3.05) is 13.7 Å². The minimum absolute atomic E-state index is 0.130. The van der Waals surface area contributed by atoms with Crippen LogP contribution in [-0.4, -0.2) is 33.9 Å². The van der Waals surface area contributed by atoms with Gasteiger partial charge < -0.3 is 15.5 Å². The molecule has 3 aromatic heterocycles. The molecule has 0 aliphatic heterocycles. The van der Waals surface area contributed by atoms with Crippen LogP contribution in [0.4, 0.5) is 13.2 Å². The van der Waals surface area contributed by atoms with Crippen molar-refractivity contribution in [2.45, 2.75) is 13.1 Å². The van der Waals surface area contributed by atoms with Gasteiger partial charge in [0.15, 0.2) is 5.65 Å². The Morgan fingerprint density at radius 1 is 1.21 bits per heavy atom. The first-order chi connectivity index (χ1) is 16.2. The summed E-state index contributed by atoms with van der Waals surface area (Å²) in [4.78, 5) is 21.6. The molecule has 0 bridgehead atoms. The Labute approximate surface area is 192 Å². The lowest BCUT2D eigenvalue weighted by Crippen LogP contribution is -2.24. The topological polar surface area (TPSA) is 92.9 Å². The van der Waals surface area contributed by atoms with Gasteiger partial charge in [-0.1, -0.05) is 6.08 Å². The van der Waals surface area contributed by atoms with E-state index in [2.05, 4.69) is 15.3 Å². The van der Waals surface area contributed by atoms with Crippen LogP contribution >= 0.6 is 0 Å². The number of rotatable bonds is 5. The molecule has 0 saturated carbocycles. The van der Waals surface area contributed by atoms with E-state index in [-0.39, 0.29) is 22.9 Å². The minimum atomic E-state index is -4.61. The van der Waals surface area contributed by atoms with Crippen molar-refractivity contribution < 1.29 is 17.9 Å². The molecule has 2 N–H and O–H groups in total. The summed E-state index contributed by atoms with van der Waals surface area (Å²) in [5.41, 5.74) is 0.483. The standard InChI is InChI=1S/C24H20F3N5O2/c1-3-34-21-9-5-15-11-18(14-4-7-19(28)16(10-14)12-29-2)23(33)32(22(15)31-21)17-6-8-20(30-13-17)24(25,26)27/h4-13,28-29H,3H2,1-2H3/b16-12-,28-19?. The van der Waals surface area contributed by atoms with E-state index in [1.807, 2.05) is 0 Å². The number of fused-ring (bicyclic) bond motifs is 1. The molecule has 4 rings (SSSR count). The minimum Gasteiger partial charge on any atom is -0.478 e. The van der Waals surface area contributed by atoms with Gasteiger partial charge >= 0.3 is 6.18 Å². The zero-order chi connectivity index (χ0) is 24.5. The first kappa shape index (κ1) is 23.0. The van der Waals surface area contributed by atoms with E-state index >= 15 is 0 Å². The van der Waals surface area contributed by atoms with Gasteiger partial charge in [-0.25, -0.2) is 4.98 Å². The van der Waals surface area contributed by atoms with Crippen molar-refractivity contribution >= 4 is 22.3 Å². The molecule has 0 saturated heterocycles. The van der Waals surface area contributed by atoms with Gasteiger partial charge in [-0.2, -0.15) is 18.2 Å². The number of pyridine rings is 3. The third kappa shape index (κ3) is 4.34. The maximum Gasteiger partial charge on any atom is 0.433 e. The molecule has 10 heteroatoms. The van der Waals surface area contributed by atoms with Crippen molar-refractivity contribution in [3.63, 3.8) is 0 Å². The largest absolute Gasteiger partial charge is 0.478 e. The molecule has 0 aromatic carbocycles. The molecule has 0 spiro atoms. The van der Waals surface area contributed by atoms with Crippen LogP contribution in [-0.2, 0) is 6.18 Å². The van der Waals surface area contributed by atoms with Crippen LogP contribution in [0.2, 0.25) is 0 Å². The van der Waals surface area contributed by atoms with Crippen LogP contribution in [0.1, 0.15) is 18.2 Å². The fraction of sp³-hybridized carbons (Fsp3) is 0.167. The van der Waals surface area contributed by atoms with Gasteiger partial charge in [0.25, 0.3) is 5.56 Å². The Morgan fingerprint density at radius 3 is 2.65 bits per heavy atom. The fourth-order valence-electron chi connectivity index (χ4n) is 3.53. The second kappa shape index (κ2) is 8.97. The lowest BCUT2D eigenvalue weighted by atomic mass is 9.95. The van der Waals surface area contributed by atoms with E-state index < -0.39 is 17.4 Å². The smallest absolute Gasteiger partial charge is 0.433 e. The summed E-state index contributed by atoms with van der Waals surface area (Å²) >= 11 is 0. The Bertz CT molecular complexity index is 1420. The SMILES string of the molecule is CCOc1ccc2cc(C3=C/C(=C/NC)C(=N)C=C3)c(=O)n(-c3ccc(C(F)(F)F)nc3)c2n1. The maximum atomic E-state index is 13.6. The number of nitrogens with one attached hydrogen (secondary N) is 2. The van der Waals surface area contributed by atoms with Crippen LogP contribution in [0.3, 0.4) is 0 Å².